The maximum Gasteiger partial charge on any atom is 0.278 e. The van der Waals surface area contributed by atoms with Gasteiger partial charge in [0.15, 0.2) is 5.78 Å². The van der Waals surface area contributed by atoms with Crippen LogP contribution in [0.3, 0.4) is 0 Å². The highest BCUT2D eigenvalue weighted by molar-refractivity contribution is 6.11. The molecule has 1 amide bonds. The first-order valence-electron chi connectivity index (χ1n) is 13.9. The topological polar surface area (TPSA) is 98.9 Å². The Morgan fingerprint density at radius 3 is 2.52 bits per heavy atom. The molecule has 0 unspecified atom stereocenters. The number of fused-ring (bicyclic) bond motifs is 1. The number of carbonyl (C=O) groups is 2. The van der Waals surface area contributed by atoms with Gasteiger partial charge in [0, 0.05) is 38.3 Å². The fraction of sp³-hybridized carbons (Fsp3) is 0.467. The van der Waals surface area contributed by atoms with Gasteiger partial charge in [-0.2, -0.15) is 0 Å². The lowest BCUT2D eigenvalue weighted by Crippen LogP contribution is -2.41. The fourth-order valence-corrected chi connectivity index (χ4v) is 5.41. The molecule has 2 fully saturated rings. The summed E-state index contributed by atoms with van der Waals surface area (Å²) in [5, 5.41) is 0. The molecular formula is C30H37N5O5. The van der Waals surface area contributed by atoms with E-state index in [1.165, 1.54) is 10.9 Å². The van der Waals surface area contributed by atoms with Crippen LogP contribution in [0.25, 0.3) is 11.0 Å². The molecule has 0 atom stereocenters. The first-order valence-corrected chi connectivity index (χ1v) is 13.9. The molecule has 10 nitrogen and oxygen atoms in total. The zero-order chi connectivity index (χ0) is 28.2. The third kappa shape index (κ3) is 5.54. The number of rotatable bonds is 8. The number of methoxy groups -OCH3 is 1. The normalized spacial score (nSPS) is 15.8. The second-order valence-electron chi connectivity index (χ2n) is 10.6. The second-order valence-corrected chi connectivity index (χ2v) is 10.6. The van der Waals surface area contributed by atoms with Crippen LogP contribution in [-0.2, 0) is 17.8 Å². The molecule has 0 radical (unpaired) electrons. The summed E-state index contributed by atoms with van der Waals surface area (Å²) in [4.78, 5) is 50.0. The van der Waals surface area contributed by atoms with Crippen molar-refractivity contribution in [2.75, 3.05) is 51.4 Å². The van der Waals surface area contributed by atoms with Gasteiger partial charge in [-0.3, -0.25) is 19.0 Å². The van der Waals surface area contributed by atoms with E-state index < -0.39 is 0 Å². The Morgan fingerprint density at radius 1 is 1.07 bits per heavy atom. The monoisotopic (exact) mass is 547 g/mol. The Bertz CT molecular complexity index is 1490. The molecule has 1 aromatic carbocycles. The van der Waals surface area contributed by atoms with Crippen LogP contribution >= 0.6 is 0 Å². The highest BCUT2D eigenvalue weighted by Gasteiger charge is 2.33. The van der Waals surface area contributed by atoms with Crippen LogP contribution in [-0.4, -0.2) is 77.2 Å². The van der Waals surface area contributed by atoms with E-state index in [1.807, 2.05) is 24.5 Å². The van der Waals surface area contributed by atoms with Crippen molar-refractivity contribution < 1.29 is 19.1 Å². The van der Waals surface area contributed by atoms with Gasteiger partial charge < -0.3 is 23.8 Å². The number of allylic oxidation sites excluding steroid dienone is 2. The third-order valence-corrected chi connectivity index (χ3v) is 7.56. The summed E-state index contributed by atoms with van der Waals surface area (Å²) >= 11 is 0. The summed E-state index contributed by atoms with van der Waals surface area (Å²) in [6.07, 6.45) is 6.61. The fourth-order valence-electron chi connectivity index (χ4n) is 5.41. The average Bonchev–Trinajstić information content (AvgIpc) is 3.32. The van der Waals surface area contributed by atoms with Gasteiger partial charge in [0.05, 0.1) is 33.2 Å². The SMILES string of the molecule is COc1cccc(C(=O)Cn2cnc3c(C(=O)N4CCOCC4)c(N4CCCCC4)n(CC=C(C)C)c3c2=O)c1. The van der Waals surface area contributed by atoms with E-state index in [0.29, 0.717) is 60.8 Å². The maximum atomic E-state index is 14.1. The predicted octanol–water partition coefficient (Wildman–Crippen LogP) is 3.52. The van der Waals surface area contributed by atoms with Gasteiger partial charge in [-0.15, -0.1) is 0 Å². The minimum Gasteiger partial charge on any atom is -0.497 e. The first-order chi connectivity index (χ1) is 19.4. The molecule has 2 aliphatic rings. The van der Waals surface area contributed by atoms with Gasteiger partial charge in [0.2, 0.25) is 0 Å². The second kappa shape index (κ2) is 12.1. The average molecular weight is 548 g/mol. The summed E-state index contributed by atoms with van der Waals surface area (Å²) < 4.78 is 14.0. The summed E-state index contributed by atoms with van der Waals surface area (Å²) in [6.45, 7) is 7.82. The van der Waals surface area contributed by atoms with E-state index in [4.69, 9.17) is 9.47 Å². The van der Waals surface area contributed by atoms with Crippen molar-refractivity contribution in [2.45, 2.75) is 46.2 Å². The standard InChI is InChI=1S/C30H37N5O5/c1-21(2)10-13-35-27-26(31-20-34(30(27)38)19-24(36)22-8-7-9-23(18-22)39-3)25(28(35)32-11-5-4-6-12-32)29(37)33-14-16-40-17-15-33/h7-10,18,20H,4-6,11-17,19H2,1-3H3. The van der Waals surface area contributed by atoms with Crippen molar-refractivity contribution in [3.63, 3.8) is 0 Å². The molecule has 10 heteroatoms. The van der Waals surface area contributed by atoms with E-state index in [2.05, 4.69) is 9.88 Å². The molecule has 3 aromatic rings. The van der Waals surface area contributed by atoms with E-state index in [-0.39, 0.29) is 23.8 Å². The van der Waals surface area contributed by atoms with Crippen LogP contribution in [0.4, 0.5) is 5.82 Å². The number of amides is 1. The molecule has 0 aliphatic carbocycles. The maximum absolute atomic E-state index is 14.1. The van der Waals surface area contributed by atoms with E-state index in [1.54, 1.807) is 36.3 Å². The number of Topliss-reactive ketones (excluding diaryl/α,β-unsaturated/α-hetero) is 1. The summed E-state index contributed by atoms with van der Waals surface area (Å²) in [6, 6.07) is 6.87. The van der Waals surface area contributed by atoms with Crippen molar-refractivity contribution in [3.05, 3.63) is 63.7 Å². The Hall–Kier alpha value is -3.92. The number of hydrogen-bond donors (Lipinski definition) is 0. The first kappa shape index (κ1) is 27.6. The van der Waals surface area contributed by atoms with Crippen LogP contribution in [0.5, 0.6) is 5.75 Å². The Balaban J connectivity index is 1.66. The molecule has 2 aliphatic heterocycles. The van der Waals surface area contributed by atoms with Crippen molar-refractivity contribution in [1.29, 1.82) is 0 Å². The quantitative estimate of drug-likeness (QED) is 0.314. The van der Waals surface area contributed by atoms with Crippen LogP contribution < -0.4 is 15.2 Å². The summed E-state index contributed by atoms with van der Waals surface area (Å²) in [5.74, 6) is 0.942. The van der Waals surface area contributed by atoms with E-state index in [9.17, 15) is 14.4 Å². The molecule has 0 bridgehead atoms. The molecule has 0 spiro atoms. The largest absolute Gasteiger partial charge is 0.497 e. The Kier molecular flexibility index (Phi) is 8.35. The number of anilines is 1. The minimum atomic E-state index is -0.345. The smallest absolute Gasteiger partial charge is 0.278 e. The number of morpholine rings is 1. The molecule has 2 saturated heterocycles. The lowest BCUT2D eigenvalue weighted by atomic mass is 10.1. The van der Waals surface area contributed by atoms with Gasteiger partial charge >= 0.3 is 0 Å². The number of aromatic nitrogens is 3. The molecular weight excluding hydrogens is 510 g/mol. The molecule has 5 rings (SSSR count). The number of carbonyl (C=O) groups excluding carboxylic acids is 2. The third-order valence-electron chi connectivity index (χ3n) is 7.56. The lowest BCUT2D eigenvalue weighted by molar-refractivity contribution is 0.0304. The number of hydrogen-bond acceptors (Lipinski definition) is 7. The van der Waals surface area contributed by atoms with Crippen molar-refractivity contribution in [2.24, 2.45) is 0 Å². The van der Waals surface area contributed by atoms with Crippen LogP contribution in [0.15, 0.2) is 47.0 Å². The van der Waals surface area contributed by atoms with Crippen LogP contribution in [0.1, 0.15) is 53.8 Å². The van der Waals surface area contributed by atoms with Crippen LogP contribution in [0, 0.1) is 0 Å². The minimum absolute atomic E-state index is 0.137. The van der Waals surface area contributed by atoms with Crippen molar-refractivity contribution in [1.82, 2.24) is 19.0 Å². The molecule has 0 N–H and O–H groups in total. The number of benzene rings is 1. The van der Waals surface area contributed by atoms with E-state index in [0.717, 1.165) is 43.7 Å². The predicted molar refractivity (Wildman–Crippen MR) is 154 cm³/mol. The molecule has 0 saturated carbocycles. The van der Waals surface area contributed by atoms with E-state index >= 15 is 0 Å². The van der Waals surface area contributed by atoms with Gasteiger partial charge in [-0.05, 0) is 45.2 Å². The Labute approximate surface area is 233 Å². The van der Waals surface area contributed by atoms with Gasteiger partial charge in [0.1, 0.15) is 28.2 Å². The highest BCUT2D eigenvalue weighted by Crippen LogP contribution is 2.34. The number of nitrogens with zero attached hydrogens (tertiary/aromatic N) is 5. The highest BCUT2D eigenvalue weighted by atomic mass is 16.5. The molecule has 212 valence electrons. The lowest BCUT2D eigenvalue weighted by Gasteiger charge is -2.32. The zero-order valence-electron chi connectivity index (χ0n) is 23.5. The number of ketones is 1. The Morgan fingerprint density at radius 2 is 1.82 bits per heavy atom. The summed E-state index contributed by atoms with van der Waals surface area (Å²) in [5.41, 5.74) is 2.39. The van der Waals surface area contributed by atoms with Crippen molar-refractivity contribution in [3.8, 4) is 5.75 Å². The molecule has 2 aromatic heterocycles. The molecule has 4 heterocycles. The molecule has 40 heavy (non-hydrogen) atoms. The van der Waals surface area contributed by atoms with Crippen LogP contribution in [0.2, 0.25) is 0 Å². The zero-order valence-corrected chi connectivity index (χ0v) is 23.5. The van der Waals surface area contributed by atoms with Gasteiger partial charge in [-0.25, -0.2) is 4.98 Å². The summed E-state index contributed by atoms with van der Waals surface area (Å²) in [7, 11) is 1.54. The van der Waals surface area contributed by atoms with Crippen molar-refractivity contribution >= 4 is 28.5 Å². The van der Waals surface area contributed by atoms with Gasteiger partial charge in [0.25, 0.3) is 11.5 Å². The van der Waals surface area contributed by atoms with Gasteiger partial charge in [-0.1, -0.05) is 23.8 Å². The number of ether oxygens (including phenoxy) is 2. The number of piperidine rings is 1.